The van der Waals surface area contributed by atoms with Crippen LogP contribution in [0.2, 0.25) is 0 Å². The molecule has 2 heterocycles. The molecule has 0 spiro atoms. The zero-order valence-electron chi connectivity index (χ0n) is 14.8. The molecule has 9 heteroatoms. The van der Waals surface area contributed by atoms with Crippen LogP contribution in [0.5, 0.6) is 0 Å². The molecule has 1 aromatic carbocycles. The summed E-state index contributed by atoms with van der Waals surface area (Å²) in [7, 11) is -3.90. The van der Waals surface area contributed by atoms with Crippen LogP contribution in [0.3, 0.4) is 0 Å². The number of nitrogens with one attached hydrogen (secondary N) is 1. The van der Waals surface area contributed by atoms with Gasteiger partial charge in [-0.2, -0.15) is 12.7 Å². The van der Waals surface area contributed by atoms with Gasteiger partial charge >= 0.3 is 0 Å². The van der Waals surface area contributed by atoms with Gasteiger partial charge in [0.2, 0.25) is 5.56 Å². The molecule has 0 unspecified atom stereocenters. The third-order valence-corrected chi connectivity index (χ3v) is 5.40. The van der Waals surface area contributed by atoms with Crippen LogP contribution in [0.4, 0.5) is 4.39 Å². The zero-order chi connectivity index (χ0) is 19.8. The Balaban J connectivity index is 2.02. The highest BCUT2D eigenvalue weighted by atomic mass is 32.2. The van der Waals surface area contributed by atoms with E-state index >= 15 is 0 Å². The average molecular weight is 390 g/mol. The molecule has 3 N–H and O–H groups in total. The maximum Gasteiger partial charge on any atom is 0.277 e. The van der Waals surface area contributed by atoms with Crippen LogP contribution >= 0.6 is 0 Å². The lowest BCUT2D eigenvalue weighted by molar-refractivity contribution is 0.348. The lowest BCUT2D eigenvalue weighted by atomic mass is 10.0. The van der Waals surface area contributed by atoms with Crippen molar-refractivity contribution in [2.45, 2.75) is 26.4 Å². The largest absolute Gasteiger partial charge is 0.307 e. The summed E-state index contributed by atoms with van der Waals surface area (Å²) < 4.78 is 39.3. The highest BCUT2D eigenvalue weighted by Crippen LogP contribution is 2.29. The minimum atomic E-state index is -3.90. The fourth-order valence-electron chi connectivity index (χ4n) is 2.92. The van der Waals surface area contributed by atoms with Crippen LogP contribution in [0.15, 0.2) is 47.4 Å². The van der Waals surface area contributed by atoms with Crippen LogP contribution in [-0.2, 0) is 16.8 Å². The number of H-pyrrole nitrogens is 1. The van der Waals surface area contributed by atoms with Gasteiger partial charge in [0.25, 0.3) is 10.2 Å². The third kappa shape index (κ3) is 4.05. The molecule has 0 saturated heterocycles. The Hall–Kier alpha value is -2.62. The number of halogens is 1. The minimum absolute atomic E-state index is 0.0297. The highest BCUT2D eigenvalue weighted by Gasteiger charge is 2.21. The molecule has 0 aliphatic heterocycles. The number of pyridine rings is 2. The Labute approximate surface area is 155 Å². The van der Waals surface area contributed by atoms with Crippen molar-refractivity contribution in [1.82, 2.24) is 14.3 Å². The number of hydrogen-bond acceptors (Lipinski definition) is 4. The Morgan fingerprint density at radius 1 is 1.19 bits per heavy atom. The minimum Gasteiger partial charge on any atom is -0.307 e. The van der Waals surface area contributed by atoms with Crippen LogP contribution in [-0.4, -0.2) is 28.7 Å². The number of nitrogens with zero attached hydrogens (tertiary/aromatic N) is 2. The number of hydrogen-bond donors (Lipinski definition) is 2. The molecule has 7 nitrogen and oxygen atoms in total. The van der Waals surface area contributed by atoms with Crippen LogP contribution in [0.1, 0.15) is 19.4 Å². The van der Waals surface area contributed by atoms with Crippen molar-refractivity contribution in [1.29, 1.82) is 0 Å². The number of rotatable bonds is 5. The van der Waals surface area contributed by atoms with Crippen molar-refractivity contribution in [2.75, 3.05) is 0 Å². The average Bonchev–Trinajstić information content (AvgIpc) is 2.58. The summed E-state index contributed by atoms with van der Waals surface area (Å²) in [4.78, 5) is 18.2. The lowest BCUT2D eigenvalue weighted by Crippen LogP contribution is -2.40. The summed E-state index contributed by atoms with van der Waals surface area (Å²) in [6.45, 7) is 3.36. The number of aromatic amines is 1. The molecule has 27 heavy (non-hydrogen) atoms. The van der Waals surface area contributed by atoms with Crippen LogP contribution < -0.4 is 10.7 Å². The number of aromatic nitrogens is 2. The molecule has 0 saturated carbocycles. The molecule has 0 atom stereocenters. The second-order valence-electron chi connectivity index (χ2n) is 6.44. The summed E-state index contributed by atoms with van der Waals surface area (Å²) in [5, 5.41) is 5.84. The van der Waals surface area contributed by atoms with E-state index in [1.54, 1.807) is 38.1 Å². The van der Waals surface area contributed by atoms with Gasteiger partial charge in [-0.3, -0.25) is 4.79 Å². The molecule has 0 amide bonds. The molecule has 142 valence electrons. The first-order valence-corrected chi connectivity index (χ1v) is 9.73. The summed E-state index contributed by atoms with van der Waals surface area (Å²) in [6.07, 6.45) is 1.49. The van der Waals surface area contributed by atoms with Gasteiger partial charge in [-0.05, 0) is 43.2 Å². The third-order valence-electron chi connectivity index (χ3n) is 4.20. The first-order chi connectivity index (χ1) is 12.7. The van der Waals surface area contributed by atoms with Gasteiger partial charge in [-0.15, -0.1) is 0 Å². The second-order valence-corrected chi connectivity index (χ2v) is 7.94. The molecule has 3 rings (SSSR count). The normalized spacial score (nSPS) is 12.2. The van der Waals surface area contributed by atoms with E-state index in [4.69, 9.17) is 5.14 Å². The number of benzene rings is 1. The molecule has 0 aliphatic rings. The van der Waals surface area contributed by atoms with Crippen molar-refractivity contribution in [3.8, 4) is 11.1 Å². The molecule has 3 aromatic rings. The summed E-state index contributed by atoms with van der Waals surface area (Å²) >= 11 is 0. The maximum atomic E-state index is 14.8. The van der Waals surface area contributed by atoms with Crippen LogP contribution in [0.25, 0.3) is 22.2 Å². The van der Waals surface area contributed by atoms with E-state index in [9.17, 15) is 17.6 Å². The first-order valence-electron chi connectivity index (χ1n) is 8.23. The molecule has 2 aromatic heterocycles. The maximum absolute atomic E-state index is 14.8. The lowest BCUT2D eigenvalue weighted by Gasteiger charge is -2.23. The molecule has 0 fully saturated rings. The zero-order valence-corrected chi connectivity index (χ0v) is 15.6. The fraction of sp³-hybridized carbons (Fsp3) is 0.222. The molecular formula is C18H19FN4O3S. The quantitative estimate of drug-likeness (QED) is 0.695. The summed E-state index contributed by atoms with van der Waals surface area (Å²) in [6, 6.07) is 8.75. The van der Waals surface area contributed by atoms with Gasteiger partial charge < -0.3 is 4.98 Å². The van der Waals surface area contributed by atoms with Crippen LogP contribution in [0, 0.1) is 5.82 Å². The van der Waals surface area contributed by atoms with Gasteiger partial charge in [-0.25, -0.2) is 14.5 Å². The van der Waals surface area contributed by atoms with Crippen molar-refractivity contribution >= 4 is 21.2 Å². The summed E-state index contributed by atoms with van der Waals surface area (Å²) in [5.74, 6) is -0.510. The van der Waals surface area contributed by atoms with E-state index in [0.717, 1.165) is 4.31 Å². The van der Waals surface area contributed by atoms with Gasteiger partial charge in [0.15, 0.2) is 0 Å². The Morgan fingerprint density at radius 2 is 1.93 bits per heavy atom. The predicted molar refractivity (Wildman–Crippen MR) is 102 cm³/mol. The van der Waals surface area contributed by atoms with E-state index < -0.39 is 16.0 Å². The van der Waals surface area contributed by atoms with Crippen molar-refractivity contribution in [2.24, 2.45) is 5.14 Å². The molecular weight excluding hydrogens is 371 g/mol. The molecule has 0 radical (unpaired) electrons. The first kappa shape index (κ1) is 19.2. The topological polar surface area (TPSA) is 109 Å². The van der Waals surface area contributed by atoms with E-state index in [2.05, 4.69) is 9.97 Å². The highest BCUT2D eigenvalue weighted by molar-refractivity contribution is 7.86. The van der Waals surface area contributed by atoms with Crippen molar-refractivity contribution < 1.29 is 12.8 Å². The SMILES string of the molecule is CC(C)N(Cc1ccc(-c2ccnc3[nH]c(=O)ccc23)c(F)c1)S(N)(=O)=O. The monoisotopic (exact) mass is 390 g/mol. The summed E-state index contributed by atoms with van der Waals surface area (Å²) in [5.41, 5.74) is 1.45. The second kappa shape index (κ2) is 7.18. The molecule has 0 bridgehead atoms. The van der Waals surface area contributed by atoms with Gasteiger partial charge in [0, 0.05) is 35.8 Å². The Morgan fingerprint density at radius 3 is 2.56 bits per heavy atom. The van der Waals surface area contributed by atoms with Crippen molar-refractivity contribution in [3.63, 3.8) is 0 Å². The van der Waals surface area contributed by atoms with Gasteiger partial charge in [0.1, 0.15) is 11.5 Å². The smallest absolute Gasteiger partial charge is 0.277 e. The fourth-order valence-corrected chi connectivity index (χ4v) is 3.83. The van der Waals surface area contributed by atoms with E-state index in [0.29, 0.717) is 27.7 Å². The van der Waals surface area contributed by atoms with Gasteiger partial charge in [0.05, 0.1) is 0 Å². The Kier molecular flexibility index (Phi) is 5.09. The number of fused-ring (bicyclic) bond motifs is 1. The Bertz CT molecular complexity index is 1160. The van der Waals surface area contributed by atoms with E-state index in [-0.39, 0.29) is 18.1 Å². The van der Waals surface area contributed by atoms with Gasteiger partial charge in [-0.1, -0.05) is 12.1 Å². The number of nitrogens with two attached hydrogens (primary N) is 1. The van der Waals surface area contributed by atoms with Crippen molar-refractivity contribution in [3.05, 3.63) is 64.3 Å². The molecule has 0 aliphatic carbocycles. The van der Waals surface area contributed by atoms with E-state index in [1.807, 2.05) is 0 Å². The van der Waals surface area contributed by atoms with E-state index in [1.165, 1.54) is 18.3 Å². The standard InChI is InChI=1S/C18H19FN4O3S/c1-11(2)23(27(20,25)26)10-12-3-4-14(16(19)9-12)13-7-8-21-18-15(13)5-6-17(24)22-18/h3-9,11H,10H2,1-2H3,(H2,20,25,26)(H,21,22,24). The predicted octanol–water partition coefficient (Wildman–Crippen LogP) is 2.14.